The van der Waals surface area contributed by atoms with E-state index in [0.29, 0.717) is 12.1 Å². The van der Waals surface area contributed by atoms with Crippen molar-refractivity contribution in [3.63, 3.8) is 0 Å². The van der Waals surface area contributed by atoms with Crippen molar-refractivity contribution in [3.8, 4) is 0 Å². The van der Waals surface area contributed by atoms with Crippen LogP contribution >= 0.6 is 0 Å². The van der Waals surface area contributed by atoms with Crippen LogP contribution in [0.5, 0.6) is 0 Å². The molecule has 1 aliphatic rings. The van der Waals surface area contributed by atoms with Gasteiger partial charge in [-0.3, -0.25) is 4.79 Å². The van der Waals surface area contributed by atoms with E-state index in [4.69, 9.17) is 0 Å². The number of rotatable bonds is 3. The fourth-order valence-corrected chi connectivity index (χ4v) is 3.93. The van der Waals surface area contributed by atoms with Gasteiger partial charge in [-0.1, -0.05) is 12.1 Å². The zero-order chi connectivity index (χ0) is 18.3. The number of nitrogens with zero attached hydrogens (tertiary/aromatic N) is 4. The van der Waals surface area contributed by atoms with E-state index < -0.39 is 0 Å². The minimum atomic E-state index is -0.287. The van der Waals surface area contributed by atoms with Gasteiger partial charge in [0.25, 0.3) is 0 Å². The number of amides is 1. The first-order valence-corrected chi connectivity index (χ1v) is 8.92. The van der Waals surface area contributed by atoms with Gasteiger partial charge in [0, 0.05) is 37.1 Å². The summed E-state index contributed by atoms with van der Waals surface area (Å²) in [5, 5.41) is 8.94. The number of likely N-dealkylation sites (tertiary alicyclic amines) is 1. The summed E-state index contributed by atoms with van der Waals surface area (Å²) in [5.74, 6) is 0.921. The van der Waals surface area contributed by atoms with Crippen LogP contribution in [0.3, 0.4) is 0 Å². The summed E-state index contributed by atoms with van der Waals surface area (Å²) in [7, 11) is 1.93. The van der Waals surface area contributed by atoms with Gasteiger partial charge in [0.05, 0.1) is 11.9 Å². The molecule has 1 amide bonds. The Bertz CT molecular complexity index is 960. The number of nitrogens with one attached hydrogen (secondary N) is 1. The van der Waals surface area contributed by atoms with Crippen LogP contribution in [0.2, 0.25) is 0 Å². The van der Waals surface area contributed by atoms with E-state index in [-0.39, 0.29) is 24.1 Å². The summed E-state index contributed by atoms with van der Waals surface area (Å²) >= 11 is 0. The van der Waals surface area contributed by atoms with Gasteiger partial charge < -0.3 is 14.5 Å². The van der Waals surface area contributed by atoms with Crippen molar-refractivity contribution in [1.29, 1.82) is 0 Å². The molecule has 136 valence electrons. The Morgan fingerprint density at radius 1 is 1.42 bits per heavy atom. The van der Waals surface area contributed by atoms with Crippen molar-refractivity contribution >= 4 is 16.8 Å². The second kappa shape index (κ2) is 6.55. The number of aromatic amines is 1. The van der Waals surface area contributed by atoms with E-state index in [2.05, 4.69) is 15.2 Å². The highest BCUT2D eigenvalue weighted by atomic mass is 19.1. The van der Waals surface area contributed by atoms with Crippen molar-refractivity contribution in [1.82, 2.24) is 24.6 Å². The molecule has 6 nitrogen and oxygen atoms in total. The Kier molecular flexibility index (Phi) is 4.22. The Balaban J connectivity index is 1.54. The predicted molar refractivity (Wildman–Crippen MR) is 96.3 cm³/mol. The number of para-hydroxylation sites is 1. The molecule has 0 unspecified atom stereocenters. The first-order valence-electron chi connectivity index (χ1n) is 8.92. The molecule has 1 fully saturated rings. The molecular formula is C19H22FN5O. The first-order chi connectivity index (χ1) is 12.5. The Labute approximate surface area is 151 Å². The van der Waals surface area contributed by atoms with Crippen molar-refractivity contribution in [2.75, 3.05) is 13.1 Å². The molecule has 3 heterocycles. The average Bonchev–Trinajstić information content (AvgIpc) is 3.20. The standard InChI is InChI=1S/C19H22FN5O/c1-12-15(14-6-3-7-16(20)18(14)22-12)9-17(26)25-8-4-5-13(10-25)19-23-21-11-24(19)2/h3,6-7,11,13,22H,4-5,8-10H2,1-2H3/t13-/m1/s1. The molecule has 1 aliphatic heterocycles. The molecule has 0 bridgehead atoms. The maximum absolute atomic E-state index is 14.0. The Morgan fingerprint density at radius 2 is 2.27 bits per heavy atom. The highest BCUT2D eigenvalue weighted by molar-refractivity contribution is 5.90. The van der Waals surface area contributed by atoms with E-state index in [9.17, 15) is 9.18 Å². The summed E-state index contributed by atoms with van der Waals surface area (Å²) in [5.41, 5.74) is 2.20. The van der Waals surface area contributed by atoms with Crippen LogP contribution in [-0.2, 0) is 18.3 Å². The lowest BCUT2D eigenvalue weighted by atomic mass is 9.96. The van der Waals surface area contributed by atoms with E-state index in [1.165, 1.54) is 6.07 Å². The normalized spacial score (nSPS) is 17.8. The molecular weight excluding hydrogens is 333 g/mol. The quantitative estimate of drug-likeness (QED) is 0.785. The third kappa shape index (κ3) is 2.87. The maximum atomic E-state index is 14.0. The van der Waals surface area contributed by atoms with Gasteiger partial charge in [0.1, 0.15) is 18.0 Å². The summed E-state index contributed by atoms with van der Waals surface area (Å²) in [6, 6.07) is 4.98. The van der Waals surface area contributed by atoms with Crippen molar-refractivity contribution in [2.24, 2.45) is 7.05 Å². The molecule has 0 spiro atoms. The molecule has 3 aromatic rings. The smallest absolute Gasteiger partial charge is 0.227 e. The topological polar surface area (TPSA) is 66.8 Å². The molecule has 1 aromatic carbocycles. The Morgan fingerprint density at radius 3 is 3.04 bits per heavy atom. The average molecular weight is 355 g/mol. The lowest BCUT2D eigenvalue weighted by Gasteiger charge is -2.32. The molecule has 2 aromatic heterocycles. The number of fused-ring (bicyclic) bond motifs is 1. The number of H-pyrrole nitrogens is 1. The first kappa shape index (κ1) is 16.8. The number of hydrogen-bond acceptors (Lipinski definition) is 3. The number of carbonyl (C=O) groups excluding carboxylic acids is 1. The van der Waals surface area contributed by atoms with Gasteiger partial charge in [-0.25, -0.2) is 4.39 Å². The van der Waals surface area contributed by atoms with Crippen LogP contribution in [0.4, 0.5) is 4.39 Å². The van der Waals surface area contributed by atoms with E-state index in [1.807, 2.05) is 29.5 Å². The van der Waals surface area contributed by atoms with Crippen molar-refractivity contribution < 1.29 is 9.18 Å². The van der Waals surface area contributed by atoms with Crippen LogP contribution in [0.25, 0.3) is 10.9 Å². The van der Waals surface area contributed by atoms with Gasteiger partial charge in [-0.2, -0.15) is 0 Å². The lowest BCUT2D eigenvalue weighted by molar-refractivity contribution is -0.131. The maximum Gasteiger partial charge on any atom is 0.227 e. The third-order valence-electron chi connectivity index (χ3n) is 5.32. The minimum Gasteiger partial charge on any atom is -0.356 e. The molecule has 4 rings (SSSR count). The zero-order valence-corrected chi connectivity index (χ0v) is 15.0. The summed E-state index contributed by atoms with van der Waals surface area (Å²) in [6.07, 6.45) is 3.93. The van der Waals surface area contributed by atoms with Gasteiger partial charge in [-0.15, -0.1) is 10.2 Å². The lowest BCUT2D eigenvalue weighted by Crippen LogP contribution is -2.40. The fourth-order valence-electron chi connectivity index (χ4n) is 3.93. The largest absolute Gasteiger partial charge is 0.356 e. The SMILES string of the molecule is Cc1[nH]c2c(F)cccc2c1CC(=O)N1CCC[C@@H](c2nncn2C)C1. The molecule has 1 N–H and O–H groups in total. The highest BCUT2D eigenvalue weighted by Gasteiger charge is 2.28. The van der Waals surface area contributed by atoms with Crippen LogP contribution in [-0.4, -0.2) is 43.6 Å². The molecule has 0 saturated carbocycles. The van der Waals surface area contributed by atoms with E-state index in [1.54, 1.807) is 12.4 Å². The van der Waals surface area contributed by atoms with Gasteiger partial charge in [0.2, 0.25) is 5.91 Å². The van der Waals surface area contributed by atoms with Crippen molar-refractivity contribution in [3.05, 3.63) is 47.4 Å². The monoisotopic (exact) mass is 355 g/mol. The number of halogens is 1. The molecule has 0 radical (unpaired) electrons. The van der Waals surface area contributed by atoms with Crippen LogP contribution in [0, 0.1) is 12.7 Å². The molecule has 7 heteroatoms. The number of carbonyl (C=O) groups is 1. The fraction of sp³-hybridized carbons (Fsp3) is 0.421. The second-order valence-corrected chi connectivity index (χ2v) is 7.05. The predicted octanol–water partition coefficient (Wildman–Crippen LogP) is 2.69. The van der Waals surface area contributed by atoms with Gasteiger partial charge in [0.15, 0.2) is 0 Å². The summed E-state index contributed by atoms with van der Waals surface area (Å²) in [4.78, 5) is 17.9. The molecule has 0 aliphatic carbocycles. The molecule has 1 saturated heterocycles. The zero-order valence-electron chi connectivity index (χ0n) is 15.0. The van der Waals surface area contributed by atoms with Gasteiger partial charge in [-0.05, 0) is 31.4 Å². The summed E-state index contributed by atoms with van der Waals surface area (Å²) < 4.78 is 15.9. The second-order valence-electron chi connectivity index (χ2n) is 7.05. The van der Waals surface area contributed by atoms with Crippen LogP contribution in [0.15, 0.2) is 24.5 Å². The van der Waals surface area contributed by atoms with Crippen molar-refractivity contribution in [2.45, 2.75) is 32.1 Å². The minimum absolute atomic E-state index is 0.0742. The number of aryl methyl sites for hydroxylation is 2. The van der Waals surface area contributed by atoms with Crippen LogP contribution < -0.4 is 0 Å². The number of hydrogen-bond donors (Lipinski definition) is 1. The third-order valence-corrected chi connectivity index (χ3v) is 5.32. The van der Waals surface area contributed by atoms with Crippen LogP contribution in [0.1, 0.15) is 35.8 Å². The molecule has 1 atom stereocenters. The number of benzene rings is 1. The molecule has 26 heavy (non-hydrogen) atoms. The number of aromatic nitrogens is 4. The Hall–Kier alpha value is -2.70. The summed E-state index contributed by atoms with van der Waals surface area (Å²) in [6.45, 7) is 3.30. The highest BCUT2D eigenvalue weighted by Crippen LogP contribution is 2.28. The van der Waals surface area contributed by atoms with E-state index >= 15 is 0 Å². The van der Waals surface area contributed by atoms with Gasteiger partial charge >= 0.3 is 0 Å². The number of piperidine rings is 1. The van der Waals surface area contributed by atoms with E-state index in [0.717, 1.165) is 41.9 Å².